The number of aliphatic imine (C=N–C) groups is 1. The van der Waals surface area contributed by atoms with Crippen LogP contribution in [-0.2, 0) is 36.8 Å². The molecule has 1 amide bonds. The molecule has 24 heteroatoms. The Balaban J connectivity index is 1.03. The summed E-state index contributed by atoms with van der Waals surface area (Å²) >= 11 is 0. The molecule has 0 aliphatic carbocycles. The van der Waals surface area contributed by atoms with E-state index >= 15 is 0 Å². The number of hydrogen-bond donors (Lipinski definition) is 8. The number of aromatic nitrogens is 3. The topological polar surface area (TPSA) is 320 Å². The highest BCUT2D eigenvalue weighted by molar-refractivity contribution is 7.61. The molecule has 2 unspecified atom stereocenters. The normalized spacial score (nSPS) is 34.8. The van der Waals surface area contributed by atoms with Crippen LogP contribution in [-0.4, -0.2) is 108 Å². The number of amidine groups is 1. The summed E-state index contributed by atoms with van der Waals surface area (Å²) in [5.74, 6) is -0.408. The Hall–Kier alpha value is -2.92. The van der Waals surface area contributed by atoms with E-state index in [1.54, 1.807) is 0 Å². The first-order valence-corrected chi connectivity index (χ1v) is 16.0. The maximum atomic E-state index is 12.5. The van der Waals surface area contributed by atoms with Crippen molar-refractivity contribution in [2.24, 2.45) is 16.5 Å². The van der Waals surface area contributed by atoms with E-state index in [1.807, 2.05) is 0 Å². The van der Waals surface area contributed by atoms with Gasteiger partial charge in [0, 0.05) is 6.07 Å². The van der Waals surface area contributed by atoms with Crippen molar-refractivity contribution in [3.8, 4) is 0 Å². The third kappa shape index (κ3) is 6.26. The van der Waals surface area contributed by atoms with Crippen molar-refractivity contribution in [1.29, 1.82) is 0 Å². The summed E-state index contributed by atoms with van der Waals surface area (Å²) in [5.41, 5.74) is 11.4. The molecule has 6 heterocycles. The number of carbonyl (C=O) groups is 1. The number of amides is 1. The zero-order valence-corrected chi connectivity index (χ0v) is 24.4. The average molecular weight is 680 g/mol. The van der Waals surface area contributed by atoms with Gasteiger partial charge in [-0.15, -0.1) is 0 Å². The molecule has 0 aromatic carbocycles. The zero-order chi connectivity index (χ0) is 32.4. The van der Waals surface area contributed by atoms with Gasteiger partial charge in [0.05, 0.1) is 19.5 Å². The molecular formula is C21H28N7O15P2+. The fourth-order valence-corrected chi connectivity index (χ4v) is 7.04. The highest BCUT2D eigenvalue weighted by Crippen LogP contribution is 2.60. The first kappa shape index (κ1) is 32.0. The minimum Gasteiger partial charge on any atom is -0.387 e. The molecule has 4 aliphatic heterocycles. The molecular weight excluding hydrogens is 652 g/mol. The lowest BCUT2D eigenvalue weighted by Gasteiger charge is -2.20. The Morgan fingerprint density at radius 1 is 1.02 bits per heavy atom. The van der Waals surface area contributed by atoms with Gasteiger partial charge >= 0.3 is 15.6 Å². The SMILES string of the molecule is NC(=O)c1ccc[n+]([C@@H]2O[C@@H](COP(=O)(O)OP(=O)(O)OC[C@H]3O[C@@H](n4cnc5c4N4O[C@@H]4N=C5N)[C@H](O)[C@H]3O)[C@H](O)[C@H]2O)c1. The van der Waals surface area contributed by atoms with Crippen LogP contribution >= 0.6 is 15.6 Å². The summed E-state index contributed by atoms with van der Waals surface area (Å²) in [4.78, 5) is 44.9. The largest absolute Gasteiger partial charge is 0.481 e. The smallest absolute Gasteiger partial charge is 0.387 e. The number of carbonyl (C=O) groups excluding carboxylic acids is 1. The molecule has 3 saturated heterocycles. The Kier molecular flexibility index (Phi) is 8.33. The Morgan fingerprint density at radius 3 is 2.33 bits per heavy atom. The molecule has 45 heavy (non-hydrogen) atoms. The molecule has 2 aromatic rings. The van der Waals surface area contributed by atoms with Gasteiger partial charge < -0.3 is 51.2 Å². The van der Waals surface area contributed by atoms with Crippen LogP contribution in [0.4, 0.5) is 5.82 Å². The van der Waals surface area contributed by atoms with Crippen molar-refractivity contribution >= 4 is 33.2 Å². The average Bonchev–Trinajstić information content (AvgIpc) is 3.37. The Labute approximate surface area is 251 Å². The van der Waals surface area contributed by atoms with Crippen LogP contribution in [0.1, 0.15) is 28.5 Å². The number of ether oxygens (including phenoxy) is 2. The van der Waals surface area contributed by atoms with Gasteiger partial charge in [0.15, 0.2) is 36.4 Å². The summed E-state index contributed by atoms with van der Waals surface area (Å²) < 4.78 is 52.3. The Morgan fingerprint density at radius 2 is 1.67 bits per heavy atom. The third-order valence-corrected chi connectivity index (χ3v) is 9.79. The Bertz CT molecular complexity index is 1610. The number of aliphatic hydroxyl groups excluding tert-OH is 4. The molecule has 2 aromatic heterocycles. The minimum absolute atomic E-state index is 0.0693. The first-order valence-electron chi connectivity index (χ1n) is 13.0. The summed E-state index contributed by atoms with van der Waals surface area (Å²) in [5, 5.41) is 43.1. The molecule has 22 nitrogen and oxygen atoms in total. The standard InChI is InChI=1S/C21H27N7O15P2/c22-16-11-18(28-21(25-16)42-28)27(7-24-11)20-15(32)13(30)10(41-20)6-39-45(36,37)43-44(34,35)38-5-9-12(29)14(31)19(40-9)26-3-1-2-8(4-26)17(23)33/h1-4,7,9-10,12-15,19-21,29-32H,5-6H2,(H5-,22,23,25,33,34,35,36,37)/p+1/t9-,10+,12-,13-,14+,15+,19+,20+,21+,28?/m0/s1. The first-order chi connectivity index (χ1) is 21.2. The van der Waals surface area contributed by atoms with E-state index in [1.165, 1.54) is 45.1 Å². The van der Waals surface area contributed by atoms with Crippen LogP contribution in [0.15, 0.2) is 35.8 Å². The van der Waals surface area contributed by atoms with Crippen LogP contribution in [0, 0.1) is 0 Å². The fourth-order valence-electron chi connectivity index (χ4n) is 4.94. The molecule has 246 valence electrons. The van der Waals surface area contributed by atoms with Crippen molar-refractivity contribution in [2.75, 3.05) is 18.3 Å². The van der Waals surface area contributed by atoms with E-state index in [0.29, 0.717) is 0 Å². The number of nitrogens with two attached hydrogens (primary N) is 2. The predicted octanol–water partition coefficient (Wildman–Crippen LogP) is -3.79. The van der Waals surface area contributed by atoms with Crippen LogP contribution in [0.5, 0.6) is 0 Å². The summed E-state index contributed by atoms with van der Waals surface area (Å²) in [6.07, 6.45) is -8.65. The number of rotatable bonds is 11. The monoisotopic (exact) mass is 680 g/mol. The number of phosphoric acid groups is 2. The summed E-state index contributed by atoms with van der Waals surface area (Å²) in [7, 11) is -10.8. The van der Waals surface area contributed by atoms with Gasteiger partial charge in [-0.05, 0) is 6.07 Å². The molecule has 4 aliphatic rings. The third-order valence-electron chi connectivity index (χ3n) is 7.19. The van der Waals surface area contributed by atoms with Gasteiger partial charge in [0.1, 0.15) is 41.8 Å². The second kappa shape index (κ2) is 11.7. The van der Waals surface area contributed by atoms with Gasteiger partial charge in [0.25, 0.3) is 18.5 Å². The quantitative estimate of drug-likeness (QED) is 0.0641. The van der Waals surface area contributed by atoms with Crippen molar-refractivity contribution < 1.29 is 76.4 Å². The number of pyridine rings is 1. The number of nitrogens with zero attached hydrogens (tertiary/aromatic N) is 5. The maximum Gasteiger partial charge on any atom is 0.481 e. The molecule has 0 spiro atoms. The van der Waals surface area contributed by atoms with E-state index < -0.39 is 90.2 Å². The van der Waals surface area contributed by atoms with Gasteiger partial charge in [-0.25, -0.2) is 23.9 Å². The number of hydrogen-bond acceptors (Lipinski definition) is 17. The van der Waals surface area contributed by atoms with Gasteiger partial charge in [-0.3, -0.25) is 18.4 Å². The zero-order valence-electron chi connectivity index (χ0n) is 22.6. The second-order valence-corrected chi connectivity index (χ2v) is 13.2. The number of anilines is 1. The maximum absolute atomic E-state index is 12.5. The minimum atomic E-state index is -5.38. The van der Waals surface area contributed by atoms with Crippen LogP contribution in [0.25, 0.3) is 0 Å². The van der Waals surface area contributed by atoms with E-state index in [4.69, 9.17) is 34.8 Å². The van der Waals surface area contributed by atoms with E-state index in [9.17, 15) is 44.1 Å². The van der Waals surface area contributed by atoms with Crippen LogP contribution in [0.3, 0.4) is 0 Å². The number of primary amides is 1. The van der Waals surface area contributed by atoms with Crippen LogP contribution in [0.2, 0.25) is 0 Å². The lowest BCUT2D eigenvalue weighted by molar-refractivity contribution is -0.765. The van der Waals surface area contributed by atoms with Crippen LogP contribution < -0.4 is 21.1 Å². The van der Waals surface area contributed by atoms with Crippen molar-refractivity contribution in [3.63, 3.8) is 0 Å². The molecule has 11 atom stereocenters. The molecule has 0 saturated carbocycles. The molecule has 3 fully saturated rings. The van der Waals surface area contributed by atoms with Gasteiger partial charge in [-0.2, -0.15) is 13.9 Å². The number of imidazole rings is 1. The van der Waals surface area contributed by atoms with Crippen molar-refractivity contribution in [3.05, 3.63) is 42.1 Å². The molecule has 10 N–H and O–H groups in total. The highest BCUT2D eigenvalue weighted by Gasteiger charge is 2.52. The van der Waals surface area contributed by atoms with Crippen molar-refractivity contribution in [1.82, 2.24) is 9.55 Å². The number of hydroxylamine groups is 1. The molecule has 0 bridgehead atoms. The van der Waals surface area contributed by atoms with Gasteiger partial charge in [0.2, 0.25) is 0 Å². The van der Waals surface area contributed by atoms with E-state index in [-0.39, 0.29) is 22.9 Å². The van der Waals surface area contributed by atoms with Crippen molar-refractivity contribution in [2.45, 2.75) is 55.4 Å². The molecule has 6 rings (SSSR count). The number of phosphoric ester groups is 2. The van der Waals surface area contributed by atoms with E-state index in [2.05, 4.69) is 14.3 Å². The summed E-state index contributed by atoms with van der Waals surface area (Å²) in [6.45, 7) is -1.80. The lowest BCUT2D eigenvalue weighted by atomic mass is 10.1. The molecule has 0 radical (unpaired) electrons. The van der Waals surface area contributed by atoms with Gasteiger partial charge in [-0.1, -0.05) is 0 Å². The lowest BCUT2D eigenvalue weighted by Crippen LogP contribution is -2.46. The highest BCUT2D eigenvalue weighted by atomic mass is 31.3. The number of aliphatic hydroxyl groups is 4. The summed E-state index contributed by atoms with van der Waals surface area (Å²) in [6, 6.07) is 2.84. The second-order valence-electron chi connectivity index (χ2n) is 10.2. The number of fused-ring (bicyclic) bond motifs is 3. The predicted molar refractivity (Wildman–Crippen MR) is 140 cm³/mol. The van der Waals surface area contributed by atoms with E-state index in [0.717, 1.165) is 0 Å². The fraction of sp³-hybridized carbons (Fsp3) is 0.524.